The number of hydrogen-bond acceptors (Lipinski definition) is 2. The van der Waals surface area contributed by atoms with E-state index in [1.807, 2.05) is 17.9 Å². The van der Waals surface area contributed by atoms with Crippen LogP contribution in [0.1, 0.15) is 32.8 Å². The molecule has 3 heteroatoms. The van der Waals surface area contributed by atoms with E-state index in [9.17, 15) is 0 Å². The molecule has 2 atom stereocenters. The summed E-state index contributed by atoms with van der Waals surface area (Å²) >= 11 is 0. The Kier molecular flexibility index (Phi) is 4.82. The standard InChI is InChI=1S/C12H23N3/c1-5-12(10(3)13-6-2)7-11-8-14-15(4)9-11/h8-10,12-13H,5-7H2,1-4H3. The lowest BCUT2D eigenvalue weighted by atomic mass is 9.92. The maximum atomic E-state index is 4.21. The topological polar surface area (TPSA) is 29.9 Å². The van der Waals surface area contributed by atoms with Crippen LogP contribution in [-0.2, 0) is 13.5 Å². The summed E-state index contributed by atoms with van der Waals surface area (Å²) in [6, 6.07) is 0.584. The minimum Gasteiger partial charge on any atom is -0.314 e. The van der Waals surface area contributed by atoms with E-state index in [4.69, 9.17) is 0 Å². The third-order valence-corrected chi connectivity index (χ3v) is 3.01. The highest BCUT2D eigenvalue weighted by Crippen LogP contribution is 2.15. The van der Waals surface area contributed by atoms with Gasteiger partial charge in [-0.05, 0) is 31.4 Å². The van der Waals surface area contributed by atoms with E-state index < -0.39 is 0 Å². The first kappa shape index (κ1) is 12.2. The first-order valence-electron chi connectivity index (χ1n) is 5.88. The molecule has 1 heterocycles. The second-order valence-electron chi connectivity index (χ2n) is 4.24. The summed E-state index contributed by atoms with van der Waals surface area (Å²) in [5.41, 5.74) is 1.34. The molecule has 0 aliphatic carbocycles. The Morgan fingerprint density at radius 1 is 1.47 bits per heavy atom. The average molecular weight is 209 g/mol. The van der Waals surface area contributed by atoms with Gasteiger partial charge in [0, 0.05) is 19.3 Å². The van der Waals surface area contributed by atoms with Gasteiger partial charge in [0.2, 0.25) is 0 Å². The molecule has 0 saturated carbocycles. The van der Waals surface area contributed by atoms with Crippen LogP contribution in [0.2, 0.25) is 0 Å². The van der Waals surface area contributed by atoms with Crippen molar-refractivity contribution in [1.29, 1.82) is 0 Å². The molecule has 3 nitrogen and oxygen atoms in total. The second-order valence-corrected chi connectivity index (χ2v) is 4.24. The highest BCUT2D eigenvalue weighted by atomic mass is 15.2. The minimum absolute atomic E-state index is 0.584. The summed E-state index contributed by atoms with van der Waals surface area (Å²) in [6.45, 7) is 7.74. The van der Waals surface area contributed by atoms with Crippen LogP contribution >= 0.6 is 0 Å². The molecule has 0 fully saturated rings. The van der Waals surface area contributed by atoms with Gasteiger partial charge in [-0.2, -0.15) is 5.10 Å². The Balaban J connectivity index is 2.53. The van der Waals surface area contributed by atoms with Crippen molar-refractivity contribution >= 4 is 0 Å². The number of nitrogens with zero attached hydrogens (tertiary/aromatic N) is 2. The Morgan fingerprint density at radius 2 is 2.20 bits per heavy atom. The largest absolute Gasteiger partial charge is 0.314 e. The molecule has 2 unspecified atom stereocenters. The number of rotatable bonds is 6. The fraction of sp³-hybridized carbons (Fsp3) is 0.750. The van der Waals surface area contributed by atoms with Gasteiger partial charge in [-0.1, -0.05) is 20.3 Å². The Hall–Kier alpha value is -0.830. The summed E-state index contributed by atoms with van der Waals surface area (Å²) in [6.07, 6.45) is 6.42. The molecule has 0 saturated heterocycles. The molecule has 1 rings (SSSR count). The normalized spacial score (nSPS) is 15.2. The predicted octanol–water partition coefficient (Wildman–Crippen LogP) is 1.99. The second kappa shape index (κ2) is 5.91. The van der Waals surface area contributed by atoms with Crippen molar-refractivity contribution in [2.24, 2.45) is 13.0 Å². The van der Waals surface area contributed by atoms with Crippen LogP contribution in [0.4, 0.5) is 0 Å². The van der Waals surface area contributed by atoms with Gasteiger partial charge in [0.05, 0.1) is 6.20 Å². The summed E-state index contributed by atoms with van der Waals surface area (Å²) in [5.74, 6) is 0.703. The summed E-state index contributed by atoms with van der Waals surface area (Å²) in [5, 5.41) is 7.70. The fourth-order valence-electron chi connectivity index (χ4n) is 2.04. The van der Waals surface area contributed by atoms with Crippen LogP contribution in [0, 0.1) is 5.92 Å². The maximum Gasteiger partial charge on any atom is 0.0521 e. The van der Waals surface area contributed by atoms with Gasteiger partial charge in [0.1, 0.15) is 0 Å². The molecule has 0 aromatic carbocycles. The maximum absolute atomic E-state index is 4.21. The van der Waals surface area contributed by atoms with Crippen LogP contribution in [-0.4, -0.2) is 22.4 Å². The zero-order valence-electron chi connectivity index (χ0n) is 10.3. The van der Waals surface area contributed by atoms with Gasteiger partial charge in [-0.3, -0.25) is 4.68 Å². The van der Waals surface area contributed by atoms with E-state index in [1.165, 1.54) is 12.0 Å². The van der Waals surface area contributed by atoms with Gasteiger partial charge in [-0.25, -0.2) is 0 Å². The molecule has 1 aromatic rings. The molecule has 0 aliphatic rings. The van der Waals surface area contributed by atoms with Gasteiger partial charge in [-0.15, -0.1) is 0 Å². The summed E-state index contributed by atoms with van der Waals surface area (Å²) in [4.78, 5) is 0. The zero-order chi connectivity index (χ0) is 11.3. The van der Waals surface area contributed by atoms with Gasteiger partial charge >= 0.3 is 0 Å². The third-order valence-electron chi connectivity index (χ3n) is 3.01. The van der Waals surface area contributed by atoms with Crippen LogP contribution in [0.25, 0.3) is 0 Å². The van der Waals surface area contributed by atoms with Crippen molar-refractivity contribution < 1.29 is 0 Å². The Labute approximate surface area is 92.9 Å². The van der Waals surface area contributed by atoms with Crippen LogP contribution in [0.5, 0.6) is 0 Å². The first-order chi connectivity index (χ1) is 7.17. The van der Waals surface area contributed by atoms with Crippen molar-refractivity contribution in [1.82, 2.24) is 15.1 Å². The molecule has 0 bridgehead atoms. The van der Waals surface area contributed by atoms with E-state index in [1.54, 1.807) is 0 Å². The first-order valence-corrected chi connectivity index (χ1v) is 5.88. The number of aryl methyl sites for hydroxylation is 1. The minimum atomic E-state index is 0.584. The highest BCUT2D eigenvalue weighted by Gasteiger charge is 2.15. The van der Waals surface area contributed by atoms with Crippen molar-refractivity contribution in [2.45, 2.75) is 39.7 Å². The van der Waals surface area contributed by atoms with Gasteiger partial charge < -0.3 is 5.32 Å². The average Bonchev–Trinajstić information content (AvgIpc) is 2.61. The van der Waals surface area contributed by atoms with Gasteiger partial charge in [0.15, 0.2) is 0 Å². The molecule has 86 valence electrons. The van der Waals surface area contributed by atoms with E-state index in [0.29, 0.717) is 12.0 Å². The molecular formula is C12H23N3. The smallest absolute Gasteiger partial charge is 0.0521 e. The lowest BCUT2D eigenvalue weighted by molar-refractivity contribution is 0.368. The van der Waals surface area contributed by atoms with Crippen LogP contribution in [0.3, 0.4) is 0 Å². The van der Waals surface area contributed by atoms with Crippen molar-refractivity contribution in [3.05, 3.63) is 18.0 Å². The zero-order valence-corrected chi connectivity index (χ0v) is 10.3. The molecule has 15 heavy (non-hydrogen) atoms. The number of aromatic nitrogens is 2. The molecule has 1 aromatic heterocycles. The van der Waals surface area contributed by atoms with E-state index in [-0.39, 0.29) is 0 Å². The number of nitrogens with one attached hydrogen (secondary N) is 1. The molecule has 0 aliphatic heterocycles. The number of hydrogen-bond donors (Lipinski definition) is 1. The molecule has 1 N–H and O–H groups in total. The van der Waals surface area contributed by atoms with Crippen LogP contribution in [0.15, 0.2) is 12.4 Å². The fourth-order valence-corrected chi connectivity index (χ4v) is 2.04. The monoisotopic (exact) mass is 209 g/mol. The molecule has 0 spiro atoms. The van der Waals surface area contributed by atoms with Crippen molar-refractivity contribution in [2.75, 3.05) is 6.54 Å². The van der Waals surface area contributed by atoms with Crippen LogP contribution < -0.4 is 5.32 Å². The lowest BCUT2D eigenvalue weighted by Gasteiger charge is -2.22. The molecular weight excluding hydrogens is 186 g/mol. The van der Waals surface area contributed by atoms with E-state index in [2.05, 4.69) is 37.4 Å². The Morgan fingerprint density at radius 3 is 2.67 bits per heavy atom. The van der Waals surface area contributed by atoms with Gasteiger partial charge in [0.25, 0.3) is 0 Å². The SMILES string of the molecule is CCNC(C)C(CC)Cc1cnn(C)c1. The predicted molar refractivity (Wildman–Crippen MR) is 63.8 cm³/mol. The molecule has 0 amide bonds. The quantitative estimate of drug-likeness (QED) is 0.776. The lowest BCUT2D eigenvalue weighted by Crippen LogP contribution is -2.34. The summed E-state index contributed by atoms with van der Waals surface area (Å²) in [7, 11) is 1.97. The summed E-state index contributed by atoms with van der Waals surface area (Å²) < 4.78 is 1.87. The van der Waals surface area contributed by atoms with E-state index in [0.717, 1.165) is 13.0 Å². The highest BCUT2D eigenvalue weighted by molar-refractivity contribution is 5.05. The molecule has 0 radical (unpaired) electrons. The van der Waals surface area contributed by atoms with E-state index >= 15 is 0 Å². The third kappa shape index (κ3) is 3.67. The van der Waals surface area contributed by atoms with Crippen molar-refractivity contribution in [3.63, 3.8) is 0 Å². The Bertz CT molecular complexity index is 280. The van der Waals surface area contributed by atoms with Crippen molar-refractivity contribution in [3.8, 4) is 0 Å².